The Morgan fingerprint density at radius 2 is 1.86 bits per heavy atom. The van der Waals surface area contributed by atoms with Crippen LogP contribution in [0.1, 0.15) is 16.8 Å². The monoisotopic (exact) mass is 484 g/mol. The number of hydrogen-bond acceptors (Lipinski definition) is 6. The molecule has 8 heteroatoms. The Labute approximate surface area is 209 Å². The second-order valence-electron chi connectivity index (χ2n) is 7.66. The fourth-order valence-electron chi connectivity index (χ4n) is 3.58. The molecule has 0 aliphatic carbocycles. The number of hydrogen-bond donors (Lipinski definition) is 2. The highest BCUT2D eigenvalue weighted by molar-refractivity contribution is 6.33. The Kier molecular flexibility index (Phi) is 7.28. The minimum absolute atomic E-state index is 0.427. The highest BCUT2D eigenvalue weighted by Gasteiger charge is 2.14. The molecule has 0 amide bonds. The molecule has 0 saturated heterocycles. The highest BCUT2D eigenvalue weighted by atomic mass is 35.5. The predicted molar refractivity (Wildman–Crippen MR) is 142 cm³/mol. The van der Waals surface area contributed by atoms with Gasteiger partial charge in [0.25, 0.3) is 0 Å². The first kappa shape index (κ1) is 23.8. The van der Waals surface area contributed by atoms with Crippen LogP contribution in [-0.4, -0.2) is 27.4 Å². The number of benzene rings is 2. The molecular formula is C27H25ClN6O. The number of aromatic nitrogens is 3. The van der Waals surface area contributed by atoms with E-state index in [1.807, 2.05) is 72.3 Å². The SMILES string of the molecule is C=C(/N=C(\C(=C/N)c1ccncc1)c1ccc(Cl)cc1)Nc1ccc(-n2cnc(C)c2)c(OC)c1. The molecule has 0 spiro atoms. The zero-order valence-electron chi connectivity index (χ0n) is 19.4. The number of pyridine rings is 1. The molecule has 0 radical (unpaired) electrons. The topological polar surface area (TPSA) is 90.3 Å². The third kappa shape index (κ3) is 5.59. The maximum atomic E-state index is 6.11. The van der Waals surface area contributed by atoms with Crippen molar-refractivity contribution >= 4 is 28.6 Å². The molecule has 35 heavy (non-hydrogen) atoms. The lowest BCUT2D eigenvalue weighted by Gasteiger charge is -2.15. The number of aliphatic imine (C=N–C) groups is 1. The summed E-state index contributed by atoms with van der Waals surface area (Å²) in [5, 5.41) is 3.88. The Bertz CT molecular complexity index is 1390. The van der Waals surface area contributed by atoms with Crippen molar-refractivity contribution in [3.05, 3.63) is 120 Å². The molecule has 0 fully saturated rings. The first-order valence-electron chi connectivity index (χ1n) is 10.8. The maximum absolute atomic E-state index is 6.11. The lowest BCUT2D eigenvalue weighted by molar-refractivity contribution is 0.413. The molecule has 4 aromatic rings. The fourth-order valence-corrected chi connectivity index (χ4v) is 3.71. The van der Waals surface area contributed by atoms with Gasteiger partial charge in [-0.2, -0.15) is 0 Å². The molecular weight excluding hydrogens is 460 g/mol. The summed E-state index contributed by atoms with van der Waals surface area (Å²) in [5.41, 5.74) is 11.7. The number of ether oxygens (including phenoxy) is 1. The highest BCUT2D eigenvalue weighted by Crippen LogP contribution is 2.28. The van der Waals surface area contributed by atoms with E-state index >= 15 is 0 Å². The number of allylic oxidation sites excluding steroid dienone is 1. The normalized spacial score (nSPS) is 11.9. The van der Waals surface area contributed by atoms with Crippen molar-refractivity contribution in [1.82, 2.24) is 14.5 Å². The number of aryl methyl sites for hydroxylation is 1. The summed E-state index contributed by atoms with van der Waals surface area (Å²) in [4.78, 5) is 13.2. The molecule has 2 aromatic heterocycles. The number of anilines is 1. The van der Waals surface area contributed by atoms with E-state index in [1.54, 1.807) is 25.8 Å². The van der Waals surface area contributed by atoms with Gasteiger partial charge in [-0.05, 0) is 48.9 Å². The number of nitrogens with one attached hydrogen (secondary N) is 1. The van der Waals surface area contributed by atoms with E-state index in [4.69, 9.17) is 27.1 Å². The Balaban J connectivity index is 1.67. The average Bonchev–Trinajstić information content (AvgIpc) is 3.31. The van der Waals surface area contributed by atoms with Gasteiger partial charge in [0, 0.05) is 52.7 Å². The molecule has 2 aromatic carbocycles. The minimum Gasteiger partial charge on any atom is -0.494 e. The number of methoxy groups -OCH3 is 1. The van der Waals surface area contributed by atoms with Crippen LogP contribution in [0.15, 0.2) is 103 Å². The van der Waals surface area contributed by atoms with E-state index in [1.165, 1.54) is 6.20 Å². The van der Waals surface area contributed by atoms with Crippen molar-refractivity contribution in [2.24, 2.45) is 10.7 Å². The molecule has 0 bridgehead atoms. The average molecular weight is 485 g/mol. The summed E-state index contributed by atoms with van der Waals surface area (Å²) in [6.07, 6.45) is 8.64. The lowest BCUT2D eigenvalue weighted by atomic mass is 9.97. The van der Waals surface area contributed by atoms with Crippen molar-refractivity contribution in [3.8, 4) is 11.4 Å². The zero-order valence-corrected chi connectivity index (χ0v) is 20.2. The van der Waals surface area contributed by atoms with Gasteiger partial charge in [0.2, 0.25) is 0 Å². The van der Waals surface area contributed by atoms with Crippen molar-refractivity contribution < 1.29 is 4.74 Å². The van der Waals surface area contributed by atoms with Crippen molar-refractivity contribution in [3.63, 3.8) is 0 Å². The number of imidazole rings is 1. The molecule has 0 aliphatic rings. The van der Waals surface area contributed by atoms with Gasteiger partial charge in [0.05, 0.1) is 30.5 Å². The molecule has 4 rings (SSSR count). The zero-order chi connectivity index (χ0) is 24.8. The van der Waals surface area contributed by atoms with E-state index in [-0.39, 0.29) is 0 Å². The smallest absolute Gasteiger partial charge is 0.144 e. The molecule has 0 unspecified atom stereocenters. The number of rotatable bonds is 8. The van der Waals surface area contributed by atoms with Gasteiger partial charge >= 0.3 is 0 Å². The summed E-state index contributed by atoms with van der Waals surface area (Å²) in [6.45, 7) is 6.06. The van der Waals surface area contributed by atoms with Crippen LogP contribution in [0.5, 0.6) is 5.75 Å². The summed E-state index contributed by atoms with van der Waals surface area (Å²) in [6, 6.07) is 16.9. The predicted octanol–water partition coefficient (Wildman–Crippen LogP) is 5.61. The van der Waals surface area contributed by atoms with Crippen LogP contribution in [0.4, 0.5) is 5.69 Å². The van der Waals surface area contributed by atoms with Crippen molar-refractivity contribution in [2.75, 3.05) is 12.4 Å². The van der Waals surface area contributed by atoms with Crippen LogP contribution in [0.3, 0.4) is 0 Å². The summed E-state index contributed by atoms with van der Waals surface area (Å²) in [7, 11) is 1.63. The van der Waals surface area contributed by atoms with Crippen LogP contribution >= 0.6 is 11.6 Å². The van der Waals surface area contributed by atoms with E-state index in [0.29, 0.717) is 22.3 Å². The molecule has 2 heterocycles. The van der Waals surface area contributed by atoms with Gasteiger partial charge in [-0.15, -0.1) is 0 Å². The largest absolute Gasteiger partial charge is 0.494 e. The first-order chi connectivity index (χ1) is 17.0. The molecule has 0 aliphatic heterocycles. The second-order valence-corrected chi connectivity index (χ2v) is 8.10. The minimum atomic E-state index is 0.427. The quantitative estimate of drug-likeness (QED) is 0.317. The number of nitrogens with two attached hydrogens (primary N) is 1. The van der Waals surface area contributed by atoms with Crippen LogP contribution in [-0.2, 0) is 0 Å². The third-order valence-corrected chi connectivity index (χ3v) is 5.49. The van der Waals surface area contributed by atoms with Gasteiger partial charge in [-0.1, -0.05) is 30.3 Å². The molecule has 7 nitrogen and oxygen atoms in total. The van der Waals surface area contributed by atoms with Gasteiger partial charge in [0.1, 0.15) is 11.6 Å². The Morgan fingerprint density at radius 3 is 2.49 bits per heavy atom. The molecule has 176 valence electrons. The van der Waals surface area contributed by atoms with E-state index in [9.17, 15) is 0 Å². The van der Waals surface area contributed by atoms with Crippen molar-refractivity contribution in [2.45, 2.75) is 6.92 Å². The van der Waals surface area contributed by atoms with E-state index in [0.717, 1.165) is 33.8 Å². The summed E-state index contributed by atoms with van der Waals surface area (Å²) in [5.74, 6) is 1.11. The number of nitrogens with zero attached hydrogens (tertiary/aromatic N) is 4. The van der Waals surface area contributed by atoms with Gasteiger partial charge < -0.3 is 20.4 Å². The molecule has 0 atom stereocenters. The maximum Gasteiger partial charge on any atom is 0.144 e. The van der Waals surface area contributed by atoms with E-state index < -0.39 is 0 Å². The second kappa shape index (κ2) is 10.7. The Morgan fingerprint density at radius 1 is 1.11 bits per heavy atom. The summed E-state index contributed by atoms with van der Waals surface area (Å²) < 4.78 is 7.52. The van der Waals surface area contributed by atoms with E-state index in [2.05, 4.69) is 21.9 Å². The lowest BCUT2D eigenvalue weighted by Crippen LogP contribution is -2.09. The summed E-state index contributed by atoms with van der Waals surface area (Å²) >= 11 is 6.11. The van der Waals surface area contributed by atoms with Gasteiger partial charge in [-0.3, -0.25) is 4.98 Å². The first-order valence-corrected chi connectivity index (χ1v) is 11.2. The van der Waals surface area contributed by atoms with Crippen molar-refractivity contribution in [1.29, 1.82) is 0 Å². The fraction of sp³-hybridized carbons (Fsp3) is 0.0741. The standard InChI is InChI=1S/C27H25ClN6O/c1-18-16-34(17-31-18)25-9-8-23(14-26(25)35-3)32-19(2)33-27(21-4-6-22(28)7-5-21)24(15-29)20-10-12-30-13-11-20/h4-17,32H,2,29H2,1,3H3/b24-15-,33-27-. The number of halogens is 1. The van der Waals surface area contributed by atoms with Gasteiger partial charge in [0.15, 0.2) is 0 Å². The van der Waals surface area contributed by atoms with Crippen LogP contribution in [0.25, 0.3) is 11.3 Å². The van der Waals surface area contributed by atoms with Crippen LogP contribution in [0, 0.1) is 6.92 Å². The molecule has 0 saturated carbocycles. The van der Waals surface area contributed by atoms with Crippen LogP contribution < -0.4 is 15.8 Å². The van der Waals surface area contributed by atoms with Crippen LogP contribution in [0.2, 0.25) is 5.02 Å². The van der Waals surface area contributed by atoms with Gasteiger partial charge in [-0.25, -0.2) is 9.98 Å². The Hall–Kier alpha value is -4.36. The third-order valence-electron chi connectivity index (χ3n) is 5.24. The molecule has 3 N–H and O–H groups in total.